The van der Waals surface area contributed by atoms with Crippen molar-refractivity contribution in [1.82, 2.24) is 4.57 Å². The highest BCUT2D eigenvalue weighted by molar-refractivity contribution is 5.68. The molecule has 3 aromatic rings. The highest BCUT2D eigenvalue weighted by atomic mass is 19.1. The number of ether oxygens (including phenoxy) is 1. The number of halogens is 1. The summed E-state index contributed by atoms with van der Waals surface area (Å²) in [4.78, 5) is 12.8. The summed E-state index contributed by atoms with van der Waals surface area (Å²) < 4.78 is 20.6. The van der Waals surface area contributed by atoms with Crippen LogP contribution < -0.4 is 10.2 Å². The maximum atomic E-state index is 13.4. The third kappa shape index (κ3) is 3.85. The van der Waals surface area contributed by atoms with Crippen molar-refractivity contribution in [2.75, 3.05) is 6.61 Å². The van der Waals surface area contributed by atoms with Crippen LogP contribution in [0.2, 0.25) is 0 Å². The summed E-state index contributed by atoms with van der Waals surface area (Å²) >= 11 is 0. The number of nitrogens with zero attached hydrogens (tertiary/aromatic N) is 1. The van der Waals surface area contributed by atoms with Gasteiger partial charge in [0.05, 0.1) is 17.9 Å². The Morgan fingerprint density at radius 3 is 2.37 bits per heavy atom. The number of aromatic nitrogens is 1. The zero-order chi connectivity index (χ0) is 19.4. The zero-order valence-electron chi connectivity index (χ0n) is 14.9. The monoisotopic (exact) mass is 369 g/mol. The Balaban J connectivity index is 2.17. The fourth-order valence-corrected chi connectivity index (χ4v) is 2.89. The maximum Gasteiger partial charge on any atom is 0.230 e. The Morgan fingerprint density at radius 1 is 1.07 bits per heavy atom. The van der Waals surface area contributed by atoms with E-state index in [0.717, 1.165) is 5.56 Å². The van der Waals surface area contributed by atoms with E-state index < -0.39 is 11.2 Å². The summed E-state index contributed by atoms with van der Waals surface area (Å²) in [5.74, 6) is -0.618. The van der Waals surface area contributed by atoms with Crippen LogP contribution in [0.4, 0.5) is 4.39 Å². The number of benzene rings is 2. The SMILES string of the molecule is Cc1c(O)n(CCO)c(-c2ccc(F)cc2)c(OCc2ccccc2)c1=O. The van der Waals surface area contributed by atoms with Crippen molar-refractivity contribution in [1.29, 1.82) is 0 Å². The Hall–Kier alpha value is -3.12. The molecule has 0 fully saturated rings. The molecule has 0 spiro atoms. The molecule has 0 radical (unpaired) electrons. The molecule has 1 heterocycles. The molecule has 5 nitrogen and oxygen atoms in total. The van der Waals surface area contributed by atoms with Gasteiger partial charge in [-0.1, -0.05) is 30.3 Å². The van der Waals surface area contributed by atoms with Gasteiger partial charge in [-0.2, -0.15) is 0 Å². The second kappa shape index (κ2) is 8.05. The molecular weight excluding hydrogens is 349 g/mol. The summed E-state index contributed by atoms with van der Waals surface area (Å²) in [6.45, 7) is 1.46. The molecule has 6 heteroatoms. The summed E-state index contributed by atoms with van der Waals surface area (Å²) in [6.07, 6.45) is 0. The van der Waals surface area contributed by atoms with Crippen LogP contribution in [-0.4, -0.2) is 21.4 Å². The Bertz CT molecular complexity index is 982. The van der Waals surface area contributed by atoms with Crippen molar-refractivity contribution < 1.29 is 19.3 Å². The van der Waals surface area contributed by atoms with E-state index in [4.69, 9.17) is 4.74 Å². The van der Waals surface area contributed by atoms with Crippen LogP contribution in [0.3, 0.4) is 0 Å². The summed E-state index contributed by atoms with van der Waals surface area (Å²) in [6, 6.07) is 14.9. The number of aliphatic hydroxyl groups is 1. The Morgan fingerprint density at radius 2 is 1.74 bits per heavy atom. The highest BCUT2D eigenvalue weighted by Crippen LogP contribution is 2.33. The molecule has 27 heavy (non-hydrogen) atoms. The van der Waals surface area contributed by atoms with Gasteiger partial charge in [0.1, 0.15) is 12.4 Å². The lowest BCUT2D eigenvalue weighted by atomic mass is 10.1. The predicted octanol–water partition coefficient (Wildman–Crippen LogP) is 3.24. The molecule has 0 amide bonds. The van der Waals surface area contributed by atoms with Crippen LogP contribution in [0.15, 0.2) is 59.4 Å². The number of rotatable bonds is 6. The predicted molar refractivity (Wildman–Crippen MR) is 100 cm³/mol. The standard InChI is InChI=1S/C21H20FNO4/c1-14-19(25)20(27-13-15-5-3-2-4-6-15)18(23(11-12-24)21(14)26)16-7-9-17(22)10-8-16/h2-10,24,26H,11-13H2,1H3. The Kier molecular flexibility index (Phi) is 5.57. The van der Waals surface area contributed by atoms with E-state index in [1.807, 2.05) is 30.3 Å². The van der Waals surface area contributed by atoms with Crippen molar-refractivity contribution >= 4 is 0 Å². The molecule has 0 aliphatic heterocycles. The quantitative estimate of drug-likeness (QED) is 0.700. The molecule has 140 valence electrons. The van der Waals surface area contributed by atoms with E-state index in [1.54, 1.807) is 0 Å². The first kappa shape index (κ1) is 18.7. The van der Waals surface area contributed by atoms with Gasteiger partial charge < -0.3 is 19.5 Å². The molecule has 0 aliphatic carbocycles. The van der Waals surface area contributed by atoms with Crippen molar-refractivity contribution in [2.45, 2.75) is 20.1 Å². The topological polar surface area (TPSA) is 71.7 Å². The van der Waals surface area contributed by atoms with Crippen LogP contribution in [-0.2, 0) is 13.2 Å². The van der Waals surface area contributed by atoms with Gasteiger partial charge in [-0.15, -0.1) is 0 Å². The minimum Gasteiger partial charge on any atom is -0.494 e. The van der Waals surface area contributed by atoms with Crippen molar-refractivity contribution in [2.24, 2.45) is 0 Å². The Labute approximate surface area is 155 Å². The van der Waals surface area contributed by atoms with Crippen molar-refractivity contribution in [3.05, 3.63) is 81.8 Å². The smallest absolute Gasteiger partial charge is 0.230 e. The highest BCUT2D eigenvalue weighted by Gasteiger charge is 2.22. The minimum atomic E-state index is -0.447. The van der Waals surface area contributed by atoms with E-state index in [0.29, 0.717) is 11.3 Å². The maximum absolute atomic E-state index is 13.4. The number of pyridine rings is 1. The number of aliphatic hydroxyl groups excluding tert-OH is 1. The summed E-state index contributed by atoms with van der Waals surface area (Å²) in [7, 11) is 0. The van der Waals surface area contributed by atoms with Gasteiger partial charge in [0.2, 0.25) is 5.43 Å². The third-order valence-electron chi connectivity index (χ3n) is 4.29. The lowest BCUT2D eigenvalue weighted by Gasteiger charge is -2.20. The van der Waals surface area contributed by atoms with Gasteiger partial charge in [0.15, 0.2) is 11.6 Å². The van der Waals surface area contributed by atoms with Crippen LogP contribution >= 0.6 is 0 Å². The first-order chi connectivity index (χ1) is 13.0. The third-order valence-corrected chi connectivity index (χ3v) is 4.29. The van der Waals surface area contributed by atoms with Crippen molar-refractivity contribution in [3.8, 4) is 22.9 Å². The van der Waals surface area contributed by atoms with E-state index in [-0.39, 0.29) is 37.0 Å². The van der Waals surface area contributed by atoms with Crippen LogP contribution in [0.25, 0.3) is 11.3 Å². The normalized spacial score (nSPS) is 10.8. The fraction of sp³-hybridized carbons (Fsp3) is 0.190. The summed E-state index contributed by atoms with van der Waals surface area (Å²) in [5.41, 5.74) is 1.35. The molecule has 1 aromatic heterocycles. The second-order valence-electron chi connectivity index (χ2n) is 6.11. The van der Waals surface area contributed by atoms with Crippen LogP contribution in [0.1, 0.15) is 11.1 Å². The number of hydrogen-bond donors (Lipinski definition) is 2. The summed E-state index contributed by atoms with van der Waals surface area (Å²) in [5, 5.41) is 19.8. The fourth-order valence-electron chi connectivity index (χ4n) is 2.89. The average molecular weight is 369 g/mol. The molecular formula is C21H20FNO4. The van der Waals surface area contributed by atoms with Gasteiger partial charge in [0.25, 0.3) is 0 Å². The second-order valence-corrected chi connectivity index (χ2v) is 6.11. The van der Waals surface area contributed by atoms with Gasteiger partial charge in [0, 0.05) is 12.1 Å². The largest absolute Gasteiger partial charge is 0.494 e. The number of aromatic hydroxyl groups is 1. The lowest BCUT2D eigenvalue weighted by Crippen LogP contribution is -2.19. The first-order valence-electron chi connectivity index (χ1n) is 8.52. The first-order valence-corrected chi connectivity index (χ1v) is 8.52. The molecule has 2 N–H and O–H groups in total. The molecule has 0 saturated heterocycles. The van der Waals surface area contributed by atoms with E-state index in [9.17, 15) is 19.4 Å². The molecule has 0 saturated carbocycles. The van der Waals surface area contributed by atoms with E-state index in [2.05, 4.69) is 0 Å². The van der Waals surface area contributed by atoms with Gasteiger partial charge in [-0.25, -0.2) is 4.39 Å². The van der Waals surface area contributed by atoms with E-state index in [1.165, 1.54) is 35.8 Å². The van der Waals surface area contributed by atoms with Gasteiger partial charge in [-0.05, 0) is 36.8 Å². The van der Waals surface area contributed by atoms with E-state index >= 15 is 0 Å². The lowest BCUT2D eigenvalue weighted by molar-refractivity contribution is 0.261. The zero-order valence-corrected chi connectivity index (χ0v) is 14.9. The average Bonchev–Trinajstić information content (AvgIpc) is 2.69. The molecule has 0 bridgehead atoms. The minimum absolute atomic E-state index is 0.0502. The molecule has 0 atom stereocenters. The van der Waals surface area contributed by atoms with Gasteiger partial charge >= 0.3 is 0 Å². The van der Waals surface area contributed by atoms with Crippen LogP contribution in [0.5, 0.6) is 11.6 Å². The molecule has 0 unspecified atom stereocenters. The number of hydrogen-bond acceptors (Lipinski definition) is 4. The molecule has 3 rings (SSSR count). The van der Waals surface area contributed by atoms with Gasteiger partial charge in [-0.3, -0.25) is 4.79 Å². The van der Waals surface area contributed by atoms with Crippen LogP contribution in [0, 0.1) is 12.7 Å². The van der Waals surface area contributed by atoms with Crippen molar-refractivity contribution in [3.63, 3.8) is 0 Å². The molecule has 0 aliphatic rings. The molecule has 2 aromatic carbocycles.